The Balaban J connectivity index is 1.16. The summed E-state index contributed by atoms with van der Waals surface area (Å²) in [7, 11) is 0. The molecule has 6 heteroatoms. The first-order valence-electron chi connectivity index (χ1n) is 12.8. The van der Waals surface area contributed by atoms with Gasteiger partial charge in [-0.15, -0.1) is 0 Å². The smallest absolute Gasteiger partial charge is 0.307 e. The molecule has 2 aliphatic carbocycles. The van der Waals surface area contributed by atoms with Crippen molar-refractivity contribution in [3.05, 3.63) is 82.2 Å². The van der Waals surface area contributed by atoms with Crippen LogP contribution in [0.5, 0.6) is 11.5 Å². The predicted octanol–water partition coefficient (Wildman–Crippen LogP) is 6.07. The number of halogens is 1. The van der Waals surface area contributed by atoms with Crippen LogP contribution in [0.3, 0.4) is 0 Å². The molecule has 6 rings (SSSR count). The zero-order chi connectivity index (χ0) is 25.9. The fourth-order valence-corrected chi connectivity index (χ4v) is 6.07. The van der Waals surface area contributed by atoms with Crippen molar-refractivity contribution in [2.24, 2.45) is 17.3 Å². The van der Waals surface area contributed by atoms with E-state index in [1.807, 2.05) is 56.3 Å². The van der Waals surface area contributed by atoms with Gasteiger partial charge in [-0.3, -0.25) is 4.79 Å². The molecule has 1 aliphatic heterocycles. The average molecular weight is 503 g/mol. The van der Waals surface area contributed by atoms with E-state index < -0.39 is 5.97 Å². The van der Waals surface area contributed by atoms with Crippen LogP contribution in [0, 0.1) is 36.9 Å². The topological polar surface area (TPSA) is 65.0 Å². The van der Waals surface area contributed by atoms with Crippen molar-refractivity contribution in [3.8, 4) is 22.6 Å². The Morgan fingerprint density at radius 3 is 2.49 bits per heavy atom. The van der Waals surface area contributed by atoms with Crippen molar-refractivity contribution in [1.29, 1.82) is 0 Å². The predicted molar refractivity (Wildman–Crippen MR) is 138 cm³/mol. The lowest BCUT2D eigenvalue weighted by Crippen LogP contribution is -2.44. The molecule has 5 nitrogen and oxygen atoms in total. The third-order valence-electron chi connectivity index (χ3n) is 8.11. The van der Waals surface area contributed by atoms with E-state index in [9.17, 15) is 14.3 Å². The minimum Gasteiger partial charge on any atom is -0.493 e. The molecule has 0 bridgehead atoms. The highest BCUT2D eigenvalue weighted by atomic mass is 19.1. The maximum Gasteiger partial charge on any atom is 0.307 e. The van der Waals surface area contributed by atoms with Crippen LogP contribution in [0.25, 0.3) is 11.1 Å². The molecule has 1 N–H and O–H groups in total. The van der Waals surface area contributed by atoms with E-state index in [-0.39, 0.29) is 35.6 Å². The summed E-state index contributed by atoms with van der Waals surface area (Å²) in [6.45, 7) is 8.44. The first-order valence-corrected chi connectivity index (χ1v) is 12.8. The summed E-state index contributed by atoms with van der Waals surface area (Å²) < 4.78 is 32.1. The molecule has 3 unspecified atom stereocenters. The first-order chi connectivity index (χ1) is 17.7. The van der Waals surface area contributed by atoms with Gasteiger partial charge in [-0.1, -0.05) is 19.1 Å². The van der Waals surface area contributed by atoms with Gasteiger partial charge in [0.25, 0.3) is 0 Å². The molecule has 3 aliphatic rings. The largest absolute Gasteiger partial charge is 0.493 e. The molecule has 192 valence electrons. The molecule has 0 radical (unpaired) electrons. The Hall–Kier alpha value is -3.38. The van der Waals surface area contributed by atoms with Crippen LogP contribution in [0.2, 0.25) is 0 Å². The van der Waals surface area contributed by atoms with Gasteiger partial charge >= 0.3 is 5.97 Å². The highest BCUT2D eigenvalue weighted by Gasteiger charge is 2.59. The number of hydrogen-bond donors (Lipinski definition) is 1. The van der Waals surface area contributed by atoms with Crippen molar-refractivity contribution >= 4 is 5.97 Å². The van der Waals surface area contributed by atoms with Gasteiger partial charge in [-0.25, -0.2) is 4.39 Å². The fourth-order valence-electron chi connectivity index (χ4n) is 6.07. The lowest BCUT2D eigenvalue weighted by Gasteiger charge is -2.37. The van der Waals surface area contributed by atoms with Crippen LogP contribution in [-0.2, 0) is 22.6 Å². The van der Waals surface area contributed by atoms with Crippen molar-refractivity contribution in [1.82, 2.24) is 0 Å². The SMILES string of the molecule is Cc1cc(OCC2(C)COC2)cc(C)c1-c1ccc(F)c(COc2ccc3c(c2)CC2C(C(=O)O)C32)c1. The van der Waals surface area contributed by atoms with E-state index in [1.165, 1.54) is 6.07 Å². The van der Waals surface area contributed by atoms with Crippen LogP contribution in [-0.4, -0.2) is 30.9 Å². The minimum absolute atomic E-state index is 0.0758. The number of ether oxygens (including phenoxy) is 3. The molecule has 1 heterocycles. The molecule has 2 fully saturated rings. The number of rotatable bonds is 8. The van der Waals surface area contributed by atoms with Crippen LogP contribution in [0.15, 0.2) is 48.5 Å². The number of hydrogen-bond acceptors (Lipinski definition) is 4. The molecule has 37 heavy (non-hydrogen) atoms. The summed E-state index contributed by atoms with van der Waals surface area (Å²) in [6, 6.07) is 15.1. The third-order valence-corrected chi connectivity index (χ3v) is 8.11. The zero-order valence-corrected chi connectivity index (χ0v) is 21.3. The van der Waals surface area contributed by atoms with Gasteiger partial charge < -0.3 is 19.3 Å². The second-order valence-corrected chi connectivity index (χ2v) is 11.2. The van der Waals surface area contributed by atoms with Crippen molar-refractivity contribution in [3.63, 3.8) is 0 Å². The summed E-state index contributed by atoms with van der Waals surface area (Å²) in [4.78, 5) is 11.3. The summed E-state index contributed by atoms with van der Waals surface area (Å²) in [6.07, 6.45) is 0.767. The number of carboxylic acid groups (broad SMARTS) is 1. The fraction of sp³-hybridized carbons (Fsp3) is 0.387. The monoisotopic (exact) mass is 502 g/mol. The Kier molecular flexibility index (Phi) is 5.75. The van der Waals surface area contributed by atoms with Crippen molar-refractivity contribution in [2.75, 3.05) is 19.8 Å². The highest BCUT2D eigenvalue weighted by Crippen LogP contribution is 2.61. The minimum atomic E-state index is -0.706. The van der Waals surface area contributed by atoms with Gasteiger partial charge in [-0.2, -0.15) is 0 Å². The average Bonchev–Trinajstić information content (AvgIpc) is 3.43. The number of carbonyl (C=O) groups is 1. The maximum absolute atomic E-state index is 14.7. The number of fused-ring (bicyclic) bond motifs is 3. The van der Waals surface area contributed by atoms with Gasteiger partial charge in [0.15, 0.2) is 0 Å². The van der Waals surface area contributed by atoms with Crippen LogP contribution < -0.4 is 9.47 Å². The van der Waals surface area contributed by atoms with E-state index in [1.54, 1.807) is 0 Å². The van der Waals surface area contributed by atoms with Gasteiger partial charge in [0.1, 0.15) is 23.9 Å². The molecule has 1 saturated heterocycles. The summed E-state index contributed by atoms with van der Waals surface area (Å²) in [5.74, 6) is 0.593. The van der Waals surface area contributed by atoms with Gasteiger partial charge in [0, 0.05) is 16.9 Å². The number of carboxylic acids is 1. The molecule has 0 amide bonds. The second-order valence-electron chi connectivity index (χ2n) is 11.2. The number of aryl methyl sites for hydroxylation is 2. The zero-order valence-electron chi connectivity index (χ0n) is 21.3. The third kappa shape index (κ3) is 4.37. The highest BCUT2D eigenvalue weighted by molar-refractivity contribution is 5.78. The summed E-state index contributed by atoms with van der Waals surface area (Å²) >= 11 is 0. The number of aliphatic carboxylic acids is 1. The van der Waals surface area contributed by atoms with E-state index in [2.05, 4.69) is 6.92 Å². The molecule has 3 aromatic rings. The van der Waals surface area contributed by atoms with E-state index >= 15 is 0 Å². The van der Waals surface area contributed by atoms with E-state index in [4.69, 9.17) is 14.2 Å². The number of benzene rings is 3. The molecule has 0 spiro atoms. The molecular formula is C31H31FO5. The van der Waals surface area contributed by atoms with E-state index in [0.29, 0.717) is 17.9 Å². The van der Waals surface area contributed by atoms with E-state index in [0.717, 1.165) is 58.8 Å². The maximum atomic E-state index is 14.7. The lowest BCUT2D eigenvalue weighted by atomic mass is 9.90. The molecule has 1 saturated carbocycles. The second kappa shape index (κ2) is 8.88. The van der Waals surface area contributed by atoms with Crippen LogP contribution in [0.4, 0.5) is 4.39 Å². The Bertz CT molecular complexity index is 1370. The molecular weight excluding hydrogens is 471 g/mol. The van der Waals surface area contributed by atoms with Gasteiger partial charge in [0.2, 0.25) is 0 Å². The van der Waals surface area contributed by atoms with Crippen LogP contribution in [0.1, 0.15) is 40.7 Å². The summed E-state index contributed by atoms with van der Waals surface area (Å²) in [5.41, 5.74) is 6.97. The Morgan fingerprint density at radius 1 is 1.05 bits per heavy atom. The van der Waals surface area contributed by atoms with Gasteiger partial charge in [-0.05, 0) is 96.0 Å². The van der Waals surface area contributed by atoms with Crippen molar-refractivity contribution < 1.29 is 28.5 Å². The molecule has 0 aromatic heterocycles. The standard InChI is InChI=1S/C31H31FO5/c1-17-8-23(37-16-31(3)14-35-15-31)9-18(2)27(17)19-4-7-26(32)21(10-19)13-36-22-5-6-24-20(11-22)12-25-28(24)29(25)30(33)34/h4-11,25,28-29H,12-16H2,1-3H3,(H,33,34). The Morgan fingerprint density at radius 2 is 1.81 bits per heavy atom. The normalized spacial score (nSPS) is 22.5. The van der Waals surface area contributed by atoms with Crippen LogP contribution >= 0.6 is 0 Å². The van der Waals surface area contributed by atoms with Gasteiger partial charge in [0.05, 0.1) is 25.7 Å². The quantitative estimate of drug-likeness (QED) is 0.405. The van der Waals surface area contributed by atoms with Crippen molar-refractivity contribution in [2.45, 2.75) is 39.7 Å². The summed E-state index contributed by atoms with van der Waals surface area (Å²) in [5, 5.41) is 9.32. The molecule has 3 aromatic carbocycles. The first kappa shape index (κ1) is 24.0. The Labute approximate surface area is 216 Å². The lowest BCUT2D eigenvalue weighted by molar-refractivity contribution is -0.139. The molecule has 3 atom stereocenters.